The summed E-state index contributed by atoms with van der Waals surface area (Å²) in [4.78, 5) is 1.82. The van der Waals surface area contributed by atoms with Crippen LogP contribution in [0, 0.1) is 5.92 Å². The minimum Gasteiger partial charge on any atom is -0.143 e. The van der Waals surface area contributed by atoms with Crippen molar-refractivity contribution in [1.29, 1.82) is 0 Å². The maximum absolute atomic E-state index is 4.80. The molecule has 0 radical (unpaired) electrons. The largest absolute Gasteiger partial charge is 0.143 e. The SMILES string of the molecule is CC1=C2C=CC=CC2C(C)c2ccc(/C(S)=C/C=C/C(S)=C/C=C/c3cccc4ccccc34)cc21. The zero-order valence-corrected chi connectivity index (χ0v) is 22.4. The predicted octanol–water partition coefficient (Wildman–Crippen LogP) is 9.83. The van der Waals surface area contributed by atoms with Gasteiger partial charge in [-0.15, -0.1) is 25.3 Å². The summed E-state index contributed by atoms with van der Waals surface area (Å²) >= 11 is 9.42. The third-order valence-electron chi connectivity index (χ3n) is 7.17. The quantitative estimate of drug-likeness (QED) is 0.252. The Bertz CT molecular complexity index is 1520. The van der Waals surface area contributed by atoms with E-state index in [4.69, 9.17) is 12.6 Å². The molecule has 0 N–H and O–H groups in total. The molecule has 2 aliphatic carbocycles. The average molecular weight is 503 g/mol. The highest BCUT2D eigenvalue weighted by Gasteiger charge is 2.29. The van der Waals surface area contributed by atoms with Crippen molar-refractivity contribution in [3.8, 4) is 0 Å². The van der Waals surface area contributed by atoms with E-state index in [1.54, 1.807) is 0 Å². The highest BCUT2D eigenvalue weighted by Crippen LogP contribution is 2.45. The lowest BCUT2D eigenvalue weighted by Gasteiger charge is -2.33. The molecule has 0 saturated carbocycles. The standard InChI is InChI=1S/C34H30S2/c1-23-29-16-5-6-17-30(29)24(2)33-22-27(20-21-31(23)33)34(36)19-9-15-28(35)14-8-13-26-12-7-11-25-10-3-4-18-32(25)26/h3-23,29,35-36H,1-2H3/b13-8+,15-9+,28-14-,34-19-. The van der Waals surface area contributed by atoms with E-state index < -0.39 is 0 Å². The molecule has 0 heterocycles. The maximum atomic E-state index is 4.80. The highest BCUT2D eigenvalue weighted by molar-refractivity contribution is 7.90. The molecule has 0 fully saturated rings. The normalized spacial score (nSPS) is 20.0. The Morgan fingerprint density at radius 2 is 1.72 bits per heavy atom. The third kappa shape index (κ3) is 5.02. The molecule has 2 atom stereocenters. The lowest BCUT2D eigenvalue weighted by atomic mass is 9.71. The average Bonchev–Trinajstić information content (AvgIpc) is 2.91. The van der Waals surface area contributed by atoms with Crippen LogP contribution in [0.4, 0.5) is 0 Å². The number of rotatable bonds is 5. The first kappa shape index (κ1) is 24.5. The number of allylic oxidation sites excluding steroid dienone is 11. The summed E-state index contributed by atoms with van der Waals surface area (Å²) in [5.41, 5.74) is 7.88. The molecule has 5 rings (SSSR count). The maximum Gasteiger partial charge on any atom is 0.0113 e. The first-order valence-corrected chi connectivity index (χ1v) is 13.2. The van der Waals surface area contributed by atoms with Gasteiger partial charge in [0.15, 0.2) is 0 Å². The van der Waals surface area contributed by atoms with Gasteiger partial charge in [0.05, 0.1) is 0 Å². The molecule has 2 heteroatoms. The molecule has 178 valence electrons. The van der Waals surface area contributed by atoms with Gasteiger partial charge < -0.3 is 0 Å². The van der Waals surface area contributed by atoms with E-state index in [1.165, 1.54) is 38.6 Å². The topological polar surface area (TPSA) is 0 Å². The summed E-state index contributed by atoms with van der Waals surface area (Å²) < 4.78 is 0. The van der Waals surface area contributed by atoms with Crippen LogP contribution in [-0.2, 0) is 0 Å². The van der Waals surface area contributed by atoms with Crippen LogP contribution >= 0.6 is 25.3 Å². The van der Waals surface area contributed by atoms with Crippen molar-refractivity contribution >= 4 is 52.6 Å². The lowest BCUT2D eigenvalue weighted by molar-refractivity contribution is 0.613. The second-order valence-corrected chi connectivity index (χ2v) is 10.4. The smallest absolute Gasteiger partial charge is 0.0113 e. The van der Waals surface area contributed by atoms with Gasteiger partial charge in [0.25, 0.3) is 0 Å². The van der Waals surface area contributed by atoms with Gasteiger partial charge in [-0.2, -0.15) is 0 Å². The van der Waals surface area contributed by atoms with Crippen LogP contribution in [0.25, 0.3) is 27.3 Å². The molecule has 0 amide bonds. The molecule has 2 unspecified atom stereocenters. The van der Waals surface area contributed by atoms with Crippen molar-refractivity contribution in [3.63, 3.8) is 0 Å². The molecule has 0 saturated heterocycles. The van der Waals surface area contributed by atoms with Gasteiger partial charge in [0.2, 0.25) is 0 Å². The van der Waals surface area contributed by atoms with Gasteiger partial charge in [0.1, 0.15) is 0 Å². The summed E-state index contributed by atoms with van der Waals surface area (Å²) in [7, 11) is 0. The highest BCUT2D eigenvalue weighted by atomic mass is 32.1. The van der Waals surface area contributed by atoms with Crippen LogP contribution in [-0.4, -0.2) is 0 Å². The Morgan fingerprint density at radius 1 is 0.889 bits per heavy atom. The fourth-order valence-electron chi connectivity index (χ4n) is 5.19. The van der Waals surface area contributed by atoms with Crippen LogP contribution in [0.2, 0.25) is 0 Å². The molecular weight excluding hydrogens is 473 g/mol. The zero-order chi connectivity index (χ0) is 25.1. The molecular formula is C34H30S2. The first-order chi connectivity index (χ1) is 17.5. The Balaban J connectivity index is 1.32. The van der Waals surface area contributed by atoms with Crippen molar-refractivity contribution < 1.29 is 0 Å². The molecule has 3 aromatic rings. The predicted molar refractivity (Wildman–Crippen MR) is 165 cm³/mol. The minimum absolute atomic E-state index is 0.470. The van der Waals surface area contributed by atoms with Crippen LogP contribution in [0.3, 0.4) is 0 Å². The van der Waals surface area contributed by atoms with Gasteiger partial charge in [-0.25, -0.2) is 0 Å². The number of fused-ring (bicyclic) bond motifs is 3. The van der Waals surface area contributed by atoms with Crippen molar-refractivity contribution in [2.75, 3.05) is 0 Å². The van der Waals surface area contributed by atoms with E-state index in [0.717, 1.165) is 15.4 Å². The Kier molecular flexibility index (Phi) is 7.36. The van der Waals surface area contributed by atoms with Gasteiger partial charge in [-0.05, 0) is 81.3 Å². The monoisotopic (exact) mass is 502 g/mol. The van der Waals surface area contributed by atoms with E-state index in [-0.39, 0.29) is 0 Å². The van der Waals surface area contributed by atoms with E-state index in [0.29, 0.717) is 11.8 Å². The Morgan fingerprint density at radius 3 is 2.61 bits per heavy atom. The molecule has 3 aromatic carbocycles. The fourth-order valence-corrected chi connectivity index (χ4v) is 5.59. The molecule has 0 spiro atoms. The summed E-state index contributed by atoms with van der Waals surface area (Å²) in [5.74, 6) is 0.942. The van der Waals surface area contributed by atoms with Crippen molar-refractivity contribution in [2.24, 2.45) is 5.92 Å². The summed E-state index contributed by atoms with van der Waals surface area (Å²) in [6.45, 7) is 4.57. The zero-order valence-electron chi connectivity index (χ0n) is 20.6. The molecule has 36 heavy (non-hydrogen) atoms. The fraction of sp³-hybridized carbons (Fsp3) is 0.118. The van der Waals surface area contributed by atoms with Crippen LogP contribution in [0.1, 0.15) is 42.0 Å². The minimum atomic E-state index is 0.470. The molecule has 0 bridgehead atoms. The second-order valence-electron chi connectivity index (χ2n) is 9.37. The van der Waals surface area contributed by atoms with Crippen LogP contribution in [0.5, 0.6) is 0 Å². The van der Waals surface area contributed by atoms with Gasteiger partial charge in [0, 0.05) is 15.7 Å². The lowest BCUT2D eigenvalue weighted by Crippen LogP contribution is -2.18. The second kappa shape index (κ2) is 10.8. The van der Waals surface area contributed by atoms with Gasteiger partial charge in [-0.3, -0.25) is 0 Å². The molecule has 0 aromatic heterocycles. The third-order valence-corrected chi connectivity index (χ3v) is 7.87. The van der Waals surface area contributed by atoms with E-state index in [9.17, 15) is 0 Å². The van der Waals surface area contributed by atoms with Crippen molar-refractivity contribution in [1.82, 2.24) is 0 Å². The van der Waals surface area contributed by atoms with Gasteiger partial charge in [-0.1, -0.05) is 104 Å². The van der Waals surface area contributed by atoms with Crippen LogP contribution < -0.4 is 0 Å². The molecule has 2 aliphatic rings. The van der Waals surface area contributed by atoms with E-state index in [2.05, 4.69) is 118 Å². The summed E-state index contributed by atoms with van der Waals surface area (Å²) in [6.07, 6.45) is 21.1. The number of hydrogen-bond donors (Lipinski definition) is 2. The number of thiol groups is 2. The van der Waals surface area contributed by atoms with E-state index in [1.807, 2.05) is 30.4 Å². The van der Waals surface area contributed by atoms with Crippen LogP contribution in [0.15, 0.2) is 126 Å². The Hall–Kier alpha value is -3.20. The van der Waals surface area contributed by atoms with Crippen molar-refractivity contribution in [3.05, 3.63) is 148 Å². The number of hydrogen-bond acceptors (Lipinski definition) is 2. The summed E-state index contributed by atoms with van der Waals surface area (Å²) in [6, 6.07) is 21.5. The molecule has 0 nitrogen and oxygen atoms in total. The Labute approximate surface area is 225 Å². The summed E-state index contributed by atoms with van der Waals surface area (Å²) in [5, 5.41) is 2.50. The molecule has 0 aliphatic heterocycles. The van der Waals surface area contributed by atoms with Crippen molar-refractivity contribution in [2.45, 2.75) is 19.8 Å². The van der Waals surface area contributed by atoms with E-state index >= 15 is 0 Å². The number of benzene rings is 3. The first-order valence-electron chi connectivity index (χ1n) is 12.4. The van der Waals surface area contributed by atoms with Gasteiger partial charge >= 0.3 is 0 Å².